The predicted octanol–water partition coefficient (Wildman–Crippen LogP) is 3.01. The normalized spacial score (nSPS) is 20.7. The zero-order valence-corrected chi connectivity index (χ0v) is 14.6. The van der Waals surface area contributed by atoms with Crippen molar-refractivity contribution in [3.63, 3.8) is 0 Å². The van der Waals surface area contributed by atoms with Crippen molar-refractivity contribution < 1.29 is 0 Å². The fourth-order valence-electron chi connectivity index (χ4n) is 2.80. The highest BCUT2D eigenvalue weighted by atomic mass is 32.2. The smallest absolute Gasteiger partial charge is 0.195 e. The lowest BCUT2D eigenvalue weighted by molar-refractivity contribution is 0.632. The molecule has 0 bridgehead atoms. The minimum atomic E-state index is 0.154. The fourth-order valence-corrected chi connectivity index (χ4v) is 4.63. The largest absolute Gasteiger partial charge is 0.354 e. The highest BCUT2D eigenvalue weighted by molar-refractivity contribution is 8.00. The Morgan fingerprint density at radius 1 is 1.43 bits per heavy atom. The molecule has 3 heterocycles. The highest BCUT2D eigenvalue weighted by Gasteiger charge is 2.27. The Bertz CT molecular complexity index is 614. The highest BCUT2D eigenvalue weighted by Crippen LogP contribution is 2.34. The fraction of sp³-hybridized carbons (Fsp3) is 0.667. The summed E-state index contributed by atoms with van der Waals surface area (Å²) in [6.45, 7) is 8.91. The van der Waals surface area contributed by atoms with Gasteiger partial charge in [-0.05, 0) is 13.3 Å². The Balaban J connectivity index is 1.93. The summed E-state index contributed by atoms with van der Waals surface area (Å²) in [4.78, 5) is 8.42. The molecule has 1 aliphatic heterocycles. The van der Waals surface area contributed by atoms with Gasteiger partial charge < -0.3 is 10.6 Å². The number of hydrogen-bond acceptors (Lipinski definition) is 5. The molecule has 0 aliphatic carbocycles. The van der Waals surface area contributed by atoms with E-state index in [1.807, 2.05) is 0 Å². The molecule has 6 heteroatoms. The second kappa shape index (κ2) is 5.82. The van der Waals surface area contributed by atoms with Crippen LogP contribution in [-0.4, -0.2) is 39.0 Å². The van der Waals surface area contributed by atoms with Gasteiger partial charge in [-0.15, -0.1) is 11.3 Å². The Labute approximate surface area is 134 Å². The molecular formula is C15H24N4S2. The lowest BCUT2D eigenvalue weighted by atomic mass is 10.1. The van der Waals surface area contributed by atoms with Crippen molar-refractivity contribution in [2.75, 3.05) is 23.7 Å². The first-order valence-electron chi connectivity index (χ1n) is 7.55. The Kier molecular flexibility index (Phi) is 4.21. The molecule has 2 N–H and O–H groups in total. The van der Waals surface area contributed by atoms with Gasteiger partial charge in [0.2, 0.25) is 0 Å². The lowest BCUT2D eigenvalue weighted by Gasteiger charge is -2.23. The van der Waals surface area contributed by atoms with Crippen LogP contribution in [0.3, 0.4) is 0 Å². The molecule has 3 rings (SSSR count). The molecule has 2 aromatic heterocycles. The molecule has 0 saturated carbocycles. The molecule has 1 fully saturated rings. The van der Waals surface area contributed by atoms with Gasteiger partial charge in [0, 0.05) is 47.6 Å². The monoisotopic (exact) mass is 324 g/mol. The van der Waals surface area contributed by atoms with E-state index in [4.69, 9.17) is 10.7 Å². The molecule has 1 unspecified atom stereocenters. The maximum atomic E-state index is 6.06. The minimum Gasteiger partial charge on any atom is -0.354 e. The van der Waals surface area contributed by atoms with E-state index >= 15 is 0 Å². The number of rotatable bonds is 3. The van der Waals surface area contributed by atoms with E-state index in [1.165, 1.54) is 12.1 Å². The molecule has 0 aromatic carbocycles. The van der Waals surface area contributed by atoms with E-state index in [0.29, 0.717) is 4.75 Å². The first-order chi connectivity index (χ1) is 9.96. The molecule has 0 spiro atoms. The van der Waals surface area contributed by atoms with E-state index in [0.717, 1.165) is 36.0 Å². The first-order valence-corrected chi connectivity index (χ1v) is 9.42. The number of thioether (sulfide) groups is 1. The molecule has 1 saturated heterocycles. The number of anilines is 1. The van der Waals surface area contributed by atoms with E-state index < -0.39 is 0 Å². The maximum absolute atomic E-state index is 6.06. The first kappa shape index (κ1) is 15.2. The van der Waals surface area contributed by atoms with Gasteiger partial charge in [-0.1, -0.05) is 13.8 Å². The summed E-state index contributed by atoms with van der Waals surface area (Å²) < 4.78 is 2.58. The summed E-state index contributed by atoms with van der Waals surface area (Å²) >= 11 is 3.77. The zero-order valence-electron chi connectivity index (χ0n) is 13.0. The predicted molar refractivity (Wildman–Crippen MR) is 93.8 cm³/mol. The number of fused-ring (bicyclic) bond motifs is 1. The van der Waals surface area contributed by atoms with Crippen molar-refractivity contribution in [3.05, 3.63) is 17.3 Å². The SMILES string of the molecule is CC(N)Cc1c(N2CCSC(C)(C)CC2)nc2sccn12. The molecule has 4 nitrogen and oxygen atoms in total. The Morgan fingerprint density at radius 3 is 3.00 bits per heavy atom. The van der Waals surface area contributed by atoms with Crippen molar-refractivity contribution in [1.82, 2.24) is 9.38 Å². The zero-order chi connectivity index (χ0) is 15.0. The van der Waals surface area contributed by atoms with E-state index in [9.17, 15) is 0 Å². The summed E-state index contributed by atoms with van der Waals surface area (Å²) in [5.74, 6) is 2.31. The molecule has 1 aliphatic rings. The standard InChI is InChI=1S/C15H24N4S2/c1-11(16)10-12-13(17-14-19(12)7-8-20-14)18-5-4-15(2,3)21-9-6-18/h7-8,11H,4-6,9-10,16H2,1-3H3. The van der Waals surface area contributed by atoms with Crippen LogP contribution in [-0.2, 0) is 6.42 Å². The second-order valence-electron chi connectivity index (χ2n) is 6.46. The van der Waals surface area contributed by atoms with Crippen molar-refractivity contribution in [2.45, 2.75) is 44.4 Å². The summed E-state index contributed by atoms with van der Waals surface area (Å²) in [5.41, 5.74) is 7.32. The van der Waals surface area contributed by atoms with Gasteiger partial charge in [-0.3, -0.25) is 4.40 Å². The molecule has 0 radical (unpaired) electrons. The molecule has 2 aromatic rings. The van der Waals surface area contributed by atoms with Gasteiger partial charge in [0.15, 0.2) is 10.8 Å². The minimum absolute atomic E-state index is 0.154. The number of nitrogens with two attached hydrogens (primary N) is 1. The lowest BCUT2D eigenvalue weighted by Crippen LogP contribution is -2.29. The van der Waals surface area contributed by atoms with E-state index in [1.54, 1.807) is 11.3 Å². The molecule has 0 amide bonds. The topological polar surface area (TPSA) is 46.6 Å². The van der Waals surface area contributed by atoms with Crippen LogP contribution in [0.5, 0.6) is 0 Å². The van der Waals surface area contributed by atoms with Crippen LogP contribution in [0.25, 0.3) is 4.96 Å². The van der Waals surface area contributed by atoms with Gasteiger partial charge in [0.05, 0.1) is 5.69 Å². The Hall–Kier alpha value is -0.720. The third kappa shape index (κ3) is 3.22. The summed E-state index contributed by atoms with van der Waals surface area (Å²) in [7, 11) is 0. The number of imidazole rings is 1. The van der Waals surface area contributed by atoms with Gasteiger partial charge in [-0.25, -0.2) is 4.98 Å². The van der Waals surface area contributed by atoms with E-state index in [-0.39, 0.29) is 6.04 Å². The van der Waals surface area contributed by atoms with Crippen LogP contribution in [0, 0.1) is 0 Å². The molecular weight excluding hydrogens is 300 g/mol. The average Bonchev–Trinajstić information content (AvgIpc) is 2.91. The van der Waals surface area contributed by atoms with Gasteiger partial charge in [-0.2, -0.15) is 11.8 Å². The third-order valence-electron chi connectivity index (χ3n) is 3.99. The van der Waals surface area contributed by atoms with Crippen LogP contribution in [0.4, 0.5) is 5.82 Å². The van der Waals surface area contributed by atoms with Crippen LogP contribution in [0.2, 0.25) is 0 Å². The molecule has 1 atom stereocenters. The van der Waals surface area contributed by atoms with Crippen LogP contribution < -0.4 is 10.6 Å². The number of thiazole rings is 1. The summed E-state index contributed by atoms with van der Waals surface area (Å²) in [6.07, 6.45) is 4.19. The van der Waals surface area contributed by atoms with Crippen molar-refractivity contribution in [1.29, 1.82) is 0 Å². The second-order valence-corrected chi connectivity index (χ2v) is 9.14. The van der Waals surface area contributed by atoms with Crippen LogP contribution in [0.1, 0.15) is 32.9 Å². The van der Waals surface area contributed by atoms with Gasteiger partial charge in [0.25, 0.3) is 0 Å². The Morgan fingerprint density at radius 2 is 2.24 bits per heavy atom. The summed E-state index contributed by atoms with van der Waals surface area (Å²) in [5, 5.41) is 2.10. The van der Waals surface area contributed by atoms with Gasteiger partial charge in [0.1, 0.15) is 0 Å². The number of nitrogens with zero attached hydrogens (tertiary/aromatic N) is 3. The number of aromatic nitrogens is 2. The molecule has 116 valence electrons. The summed E-state index contributed by atoms with van der Waals surface area (Å²) in [6, 6.07) is 0.154. The van der Waals surface area contributed by atoms with Crippen LogP contribution >= 0.6 is 23.1 Å². The van der Waals surface area contributed by atoms with Crippen molar-refractivity contribution >= 4 is 33.9 Å². The maximum Gasteiger partial charge on any atom is 0.195 e. The molecule has 21 heavy (non-hydrogen) atoms. The van der Waals surface area contributed by atoms with Crippen molar-refractivity contribution in [3.8, 4) is 0 Å². The number of hydrogen-bond donors (Lipinski definition) is 1. The van der Waals surface area contributed by atoms with E-state index in [2.05, 4.69) is 53.4 Å². The van der Waals surface area contributed by atoms with Crippen molar-refractivity contribution in [2.24, 2.45) is 5.73 Å². The average molecular weight is 325 g/mol. The van der Waals surface area contributed by atoms with Gasteiger partial charge >= 0.3 is 0 Å². The third-order valence-corrected chi connectivity index (χ3v) is 6.12. The van der Waals surface area contributed by atoms with Crippen LogP contribution in [0.15, 0.2) is 11.6 Å². The quantitative estimate of drug-likeness (QED) is 0.943.